The van der Waals surface area contributed by atoms with Gasteiger partial charge >= 0.3 is 0 Å². The maximum absolute atomic E-state index is 12.9. The third-order valence-corrected chi connectivity index (χ3v) is 9.31. The van der Waals surface area contributed by atoms with Crippen LogP contribution in [0.3, 0.4) is 0 Å². The van der Waals surface area contributed by atoms with Crippen molar-refractivity contribution in [3.8, 4) is 11.5 Å². The van der Waals surface area contributed by atoms with Gasteiger partial charge in [-0.25, -0.2) is 8.42 Å². The number of sulfone groups is 1. The van der Waals surface area contributed by atoms with E-state index in [4.69, 9.17) is 9.47 Å². The Morgan fingerprint density at radius 2 is 1.36 bits per heavy atom. The molecule has 0 saturated carbocycles. The van der Waals surface area contributed by atoms with Crippen LogP contribution in [-0.2, 0) is 35.3 Å². The molecule has 42 heavy (non-hydrogen) atoms. The first-order chi connectivity index (χ1) is 20.3. The predicted octanol–water partition coefficient (Wildman–Crippen LogP) is 6.39. The van der Waals surface area contributed by atoms with Gasteiger partial charge in [0.05, 0.1) is 17.3 Å². The zero-order valence-corrected chi connectivity index (χ0v) is 25.1. The Labute approximate surface area is 249 Å². The van der Waals surface area contributed by atoms with Crippen molar-refractivity contribution in [3.63, 3.8) is 0 Å². The van der Waals surface area contributed by atoms with Crippen LogP contribution in [0.4, 0.5) is 0 Å². The Balaban J connectivity index is 1.18. The Bertz CT molecular complexity index is 1590. The van der Waals surface area contributed by atoms with E-state index in [1.54, 1.807) is 36.4 Å². The van der Waals surface area contributed by atoms with Gasteiger partial charge in [0.2, 0.25) is 0 Å². The number of rotatable bonds is 12. The maximum atomic E-state index is 12.9. The molecule has 1 N–H and O–H groups in total. The molecule has 0 aromatic heterocycles. The lowest BCUT2D eigenvalue weighted by Crippen LogP contribution is -2.31. The second kappa shape index (κ2) is 13.6. The molecule has 1 heterocycles. The van der Waals surface area contributed by atoms with Crippen molar-refractivity contribution >= 4 is 9.84 Å². The van der Waals surface area contributed by atoms with E-state index in [0.29, 0.717) is 29.4 Å². The van der Waals surface area contributed by atoms with Gasteiger partial charge in [0, 0.05) is 12.6 Å². The first-order valence-electron chi connectivity index (χ1n) is 14.4. The molecule has 4 aromatic carbocycles. The second-order valence-electron chi connectivity index (χ2n) is 11.2. The van der Waals surface area contributed by atoms with Crippen molar-refractivity contribution in [1.29, 1.82) is 0 Å². The summed E-state index contributed by atoms with van der Waals surface area (Å²) < 4.78 is 38.0. The van der Waals surface area contributed by atoms with E-state index < -0.39 is 9.84 Å². The lowest BCUT2D eigenvalue weighted by atomic mass is 10.1. The SMILES string of the molecule is Cc1cc(COc2cc(C)cc(CS(=O)(=O)c3ccccc3)c2)cc(OCc2ccc(CN3CCC[C@@H]3CO)cc2)c1. The van der Waals surface area contributed by atoms with Crippen LogP contribution < -0.4 is 9.47 Å². The zero-order valence-electron chi connectivity index (χ0n) is 24.3. The third-order valence-electron chi connectivity index (χ3n) is 7.61. The van der Waals surface area contributed by atoms with Crippen LogP contribution in [0.25, 0.3) is 0 Å². The van der Waals surface area contributed by atoms with E-state index in [9.17, 15) is 13.5 Å². The summed E-state index contributed by atoms with van der Waals surface area (Å²) in [5.41, 5.74) is 6.02. The summed E-state index contributed by atoms with van der Waals surface area (Å²) in [5.74, 6) is 1.33. The molecule has 1 atom stereocenters. The lowest BCUT2D eigenvalue weighted by Gasteiger charge is -2.22. The average Bonchev–Trinajstić information content (AvgIpc) is 3.42. The van der Waals surface area contributed by atoms with Gasteiger partial charge in [0.15, 0.2) is 9.84 Å². The number of ether oxygens (including phenoxy) is 2. The fraction of sp³-hybridized carbons (Fsp3) is 0.314. The van der Waals surface area contributed by atoms with Crippen LogP contribution in [0.1, 0.15) is 46.2 Å². The summed E-state index contributed by atoms with van der Waals surface area (Å²) in [6, 6.07) is 29.0. The fourth-order valence-electron chi connectivity index (χ4n) is 5.53. The number of aliphatic hydroxyl groups is 1. The number of aryl methyl sites for hydroxylation is 2. The highest BCUT2D eigenvalue weighted by molar-refractivity contribution is 7.90. The van der Waals surface area contributed by atoms with Gasteiger partial charge < -0.3 is 14.6 Å². The summed E-state index contributed by atoms with van der Waals surface area (Å²) in [6.45, 7) is 6.89. The Morgan fingerprint density at radius 3 is 2.02 bits per heavy atom. The molecule has 1 aliphatic heterocycles. The molecule has 7 heteroatoms. The number of benzene rings is 4. The van der Waals surface area contributed by atoms with E-state index in [1.165, 1.54) is 5.56 Å². The summed E-state index contributed by atoms with van der Waals surface area (Å²) in [7, 11) is -3.45. The van der Waals surface area contributed by atoms with Crippen molar-refractivity contribution in [2.45, 2.75) is 63.1 Å². The van der Waals surface area contributed by atoms with Gasteiger partial charge in [-0.3, -0.25) is 4.90 Å². The highest BCUT2D eigenvalue weighted by atomic mass is 32.2. The summed E-state index contributed by atoms with van der Waals surface area (Å²) in [6.07, 6.45) is 2.21. The highest BCUT2D eigenvalue weighted by Crippen LogP contribution is 2.25. The number of hydrogen-bond donors (Lipinski definition) is 1. The van der Waals surface area contributed by atoms with Crippen molar-refractivity contribution in [3.05, 3.63) is 124 Å². The van der Waals surface area contributed by atoms with E-state index in [0.717, 1.165) is 53.9 Å². The lowest BCUT2D eigenvalue weighted by molar-refractivity contribution is 0.153. The maximum Gasteiger partial charge on any atom is 0.182 e. The van der Waals surface area contributed by atoms with Gasteiger partial charge in [0.25, 0.3) is 0 Å². The molecule has 5 rings (SSSR count). The van der Waals surface area contributed by atoms with E-state index in [1.807, 2.05) is 38.1 Å². The largest absolute Gasteiger partial charge is 0.489 e. The van der Waals surface area contributed by atoms with Crippen LogP contribution >= 0.6 is 0 Å². The highest BCUT2D eigenvalue weighted by Gasteiger charge is 2.23. The Hall–Kier alpha value is -3.65. The molecule has 0 spiro atoms. The van der Waals surface area contributed by atoms with Gasteiger partial charge in [0.1, 0.15) is 24.7 Å². The molecule has 220 valence electrons. The Kier molecular flexibility index (Phi) is 9.62. The molecule has 0 aliphatic carbocycles. The monoisotopic (exact) mass is 585 g/mol. The first kappa shape index (κ1) is 29.8. The molecule has 0 bridgehead atoms. The third kappa shape index (κ3) is 8.00. The summed E-state index contributed by atoms with van der Waals surface area (Å²) >= 11 is 0. The molecular weight excluding hydrogens is 546 g/mol. The number of aliphatic hydroxyl groups excluding tert-OH is 1. The van der Waals surface area contributed by atoms with Crippen molar-refractivity contribution in [2.24, 2.45) is 0 Å². The van der Waals surface area contributed by atoms with E-state index >= 15 is 0 Å². The van der Waals surface area contributed by atoms with Gasteiger partial charge in [-0.05, 0) is 103 Å². The van der Waals surface area contributed by atoms with Crippen LogP contribution in [-0.4, -0.2) is 37.6 Å². The number of likely N-dealkylation sites (tertiary alicyclic amines) is 1. The van der Waals surface area contributed by atoms with Crippen molar-refractivity contribution < 1.29 is 23.0 Å². The standard InChI is InChI=1S/C35H39NO5S/c1-26-15-30(24-41-34-18-27(2)16-31(20-34)25-42(38,39)35-8-4-3-5-9-35)19-33(17-26)40-23-29-12-10-28(11-13-29)21-36-14-6-7-32(36)22-37/h3-5,8-13,15-20,32,37H,6-7,14,21-25H2,1-2H3/t32-/m1/s1. The van der Waals surface area contributed by atoms with Crippen LogP contribution in [0.15, 0.2) is 95.9 Å². The topological polar surface area (TPSA) is 76.1 Å². The van der Waals surface area contributed by atoms with Crippen LogP contribution in [0.2, 0.25) is 0 Å². The zero-order chi connectivity index (χ0) is 29.5. The fourth-order valence-corrected chi connectivity index (χ4v) is 6.88. The quantitative estimate of drug-likeness (QED) is 0.208. The summed E-state index contributed by atoms with van der Waals surface area (Å²) in [5, 5.41) is 9.58. The average molecular weight is 586 g/mol. The minimum absolute atomic E-state index is 0.0834. The van der Waals surface area contributed by atoms with Crippen molar-refractivity contribution in [1.82, 2.24) is 4.90 Å². The molecule has 1 aliphatic rings. The van der Waals surface area contributed by atoms with E-state index in [2.05, 4.69) is 35.2 Å². The van der Waals surface area contributed by atoms with Crippen LogP contribution in [0.5, 0.6) is 11.5 Å². The number of nitrogens with zero attached hydrogens (tertiary/aromatic N) is 1. The molecule has 4 aromatic rings. The minimum Gasteiger partial charge on any atom is -0.489 e. The predicted molar refractivity (Wildman–Crippen MR) is 165 cm³/mol. The molecule has 6 nitrogen and oxygen atoms in total. The molecule has 1 fully saturated rings. The molecule has 1 saturated heterocycles. The second-order valence-corrected chi connectivity index (χ2v) is 13.2. The van der Waals surface area contributed by atoms with Crippen molar-refractivity contribution in [2.75, 3.05) is 13.2 Å². The first-order valence-corrected chi connectivity index (χ1v) is 16.1. The van der Waals surface area contributed by atoms with Crippen LogP contribution in [0, 0.1) is 13.8 Å². The molecule has 0 unspecified atom stereocenters. The molecule has 0 radical (unpaired) electrons. The molecule has 0 amide bonds. The van der Waals surface area contributed by atoms with Gasteiger partial charge in [-0.15, -0.1) is 0 Å². The van der Waals surface area contributed by atoms with Gasteiger partial charge in [-0.1, -0.05) is 54.6 Å². The van der Waals surface area contributed by atoms with E-state index in [-0.39, 0.29) is 18.4 Å². The summed E-state index contributed by atoms with van der Waals surface area (Å²) in [4.78, 5) is 2.67. The normalized spacial score (nSPS) is 15.5. The molecular formula is C35H39NO5S. The Morgan fingerprint density at radius 1 is 0.762 bits per heavy atom. The number of hydrogen-bond acceptors (Lipinski definition) is 6. The minimum atomic E-state index is -3.45. The smallest absolute Gasteiger partial charge is 0.182 e. The van der Waals surface area contributed by atoms with Gasteiger partial charge in [-0.2, -0.15) is 0 Å².